The van der Waals surface area contributed by atoms with E-state index in [1.54, 1.807) is 4.90 Å². The quantitative estimate of drug-likeness (QED) is 0.412. The summed E-state index contributed by atoms with van der Waals surface area (Å²) in [6.45, 7) is 13.3. The zero-order chi connectivity index (χ0) is 30.7. The van der Waals surface area contributed by atoms with Crippen LogP contribution < -0.4 is 14.7 Å². The van der Waals surface area contributed by atoms with E-state index in [4.69, 9.17) is 9.97 Å². The Morgan fingerprint density at radius 3 is 2.66 bits per heavy atom. The van der Waals surface area contributed by atoms with E-state index in [-0.39, 0.29) is 18.4 Å². The predicted octanol–water partition coefficient (Wildman–Crippen LogP) is 3.18. The second-order valence-corrected chi connectivity index (χ2v) is 13.2. The van der Waals surface area contributed by atoms with Gasteiger partial charge in [-0.05, 0) is 70.5 Å². The monoisotopic (exact) mass is 594 g/mol. The Hall–Kier alpha value is -4.17. The molecule has 5 heterocycles. The van der Waals surface area contributed by atoms with Crippen molar-refractivity contribution in [1.29, 1.82) is 5.26 Å². The molecule has 0 spiro atoms. The normalized spacial score (nSPS) is 21.3. The van der Waals surface area contributed by atoms with Crippen LogP contribution in [-0.2, 0) is 17.8 Å². The van der Waals surface area contributed by atoms with Gasteiger partial charge in [-0.3, -0.25) is 9.89 Å². The van der Waals surface area contributed by atoms with Gasteiger partial charge in [0.2, 0.25) is 11.9 Å². The number of carbonyl (C=O) groups excluding carboxylic acids is 1. The maximum absolute atomic E-state index is 12.6. The van der Waals surface area contributed by atoms with Gasteiger partial charge in [0.25, 0.3) is 0 Å². The number of aryl methyl sites for hydroxylation is 1. The molecule has 0 bridgehead atoms. The van der Waals surface area contributed by atoms with E-state index in [0.717, 1.165) is 54.4 Å². The van der Waals surface area contributed by atoms with Gasteiger partial charge in [0.05, 0.1) is 48.2 Å². The third-order valence-corrected chi connectivity index (χ3v) is 10.7. The molecule has 1 aliphatic carbocycles. The zero-order valence-corrected chi connectivity index (χ0v) is 26.3. The predicted molar refractivity (Wildman–Crippen MR) is 172 cm³/mol. The molecular formula is C33H42N10O. The molecule has 4 aliphatic rings. The van der Waals surface area contributed by atoms with Crippen LogP contribution in [0.15, 0.2) is 24.9 Å². The smallest absolute Gasteiger partial charge is 0.246 e. The molecule has 2 aromatic heterocycles. The van der Waals surface area contributed by atoms with Crippen molar-refractivity contribution in [3.8, 4) is 6.07 Å². The van der Waals surface area contributed by atoms with Crippen molar-refractivity contribution >= 4 is 34.3 Å². The van der Waals surface area contributed by atoms with Gasteiger partial charge in [0.15, 0.2) is 0 Å². The summed E-state index contributed by atoms with van der Waals surface area (Å²) in [6, 6.07) is 4.26. The van der Waals surface area contributed by atoms with E-state index in [1.807, 2.05) is 6.20 Å². The van der Waals surface area contributed by atoms with Crippen LogP contribution in [0.3, 0.4) is 0 Å². The first-order valence-electron chi connectivity index (χ1n) is 15.8. The van der Waals surface area contributed by atoms with Gasteiger partial charge >= 0.3 is 0 Å². The first-order valence-corrected chi connectivity index (χ1v) is 15.8. The molecule has 3 aromatic rings. The first kappa shape index (κ1) is 28.6. The molecule has 1 aromatic carbocycles. The van der Waals surface area contributed by atoms with E-state index < -0.39 is 0 Å². The van der Waals surface area contributed by atoms with Crippen LogP contribution in [-0.4, -0.2) is 101 Å². The number of nitrogens with one attached hydrogen (secondary N) is 1. The maximum atomic E-state index is 12.6. The number of nitrogens with zero attached hydrogens (tertiary/aromatic N) is 9. The van der Waals surface area contributed by atoms with Gasteiger partial charge in [-0.15, -0.1) is 0 Å². The largest absolute Gasteiger partial charge is 0.364 e. The lowest BCUT2D eigenvalue weighted by atomic mass is 9.88. The standard InChI is InChI=1S/C33H42N10O/c1-6-29(44)43-14-13-41(19-24(43)7-11-34)31-25-8-12-40(30-22(3)21(2)15-27-26(30)16-35-38-27)20-28(25)36-32(37-31)42-17-23(18-42)33(9-10-33)39(4)5/h6,15-16,23-24H,1,7-10,12-14,17-20H2,2-5H3,(H,35,38)/t24-/m0/s1. The molecule has 2 saturated heterocycles. The van der Waals surface area contributed by atoms with Crippen LogP contribution >= 0.6 is 0 Å². The average Bonchev–Trinajstić information content (AvgIpc) is 3.67. The van der Waals surface area contributed by atoms with Gasteiger partial charge in [-0.1, -0.05) is 6.58 Å². The molecule has 230 valence electrons. The van der Waals surface area contributed by atoms with Gasteiger partial charge in [0, 0.05) is 61.7 Å². The second-order valence-electron chi connectivity index (χ2n) is 13.2. The molecule has 0 unspecified atom stereocenters. The minimum Gasteiger partial charge on any atom is -0.364 e. The molecular weight excluding hydrogens is 552 g/mol. The Morgan fingerprint density at radius 1 is 1.16 bits per heavy atom. The highest BCUT2D eigenvalue weighted by molar-refractivity contribution is 5.94. The first-order chi connectivity index (χ1) is 21.2. The van der Waals surface area contributed by atoms with Crippen LogP contribution in [0.1, 0.15) is 41.6 Å². The summed E-state index contributed by atoms with van der Waals surface area (Å²) in [6.07, 6.45) is 6.90. The number of fused-ring (bicyclic) bond motifs is 2. The molecule has 1 amide bonds. The maximum Gasteiger partial charge on any atom is 0.246 e. The number of benzene rings is 1. The van der Waals surface area contributed by atoms with Crippen molar-refractivity contribution in [2.45, 2.75) is 57.7 Å². The molecule has 11 nitrogen and oxygen atoms in total. The van der Waals surface area contributed by atoms with Crippen LogP contribution in [0.4, 0.5) is 17.5 Å². The van der Waals surface area contributed by atoms with E-state index in [2.05, 4.69) is 76.5 Å². The molecule has 1 atom stereocenters. The summed E-state index contributed by atoms with van der Waals surface area (Å²) in [5.41, 5.74) is 7.34. The van der Waals surface area contributed by atoms with Crippen LogP contribution in [0.25, 0.3) is 10.9 Å². The Balaban J connectivity index is 1.24. The zero-order valence-electron chi connectivity index (χ0n) is 26.3. The highest BCUT2D eigenvalue weighted by Crippen LogP contribution is 2.50. The number of amides is 1. The van der Waals surface area contributed by atoms with Crippen molar-refractivity contribution in [2.75, 3.05) is 68.1 Å². The number of hydrogen-bond acceptors (Lipinski definition) is 9. The van der Waals surface area contributed by atoms with E-state index >= 15 is 0 Å². The van der Waals surface area contributed by atoms with Crippen LogP contribution in [0.2, 0.25) is 0 Å². The number of rotatable bonds is 7. The molecule has 1 saturated carbocycles. The summed E-state index contributed by atoms with van der Waals surface area (Å²) < 4.78 is 0. The van der Waals surface area contributed by atoms with Crippen molar-refractivity contribution < 1.29 is 4.79 Å². The van der Waals surface area contributed by atoms with Gasteiger partial charge in [-0.25, -0.2) is 4.98 Å². The summed E-state index contributed by atoms with van der Waals surface area (Å²) in [4.78, 5) is 34.4. The summed E-state index contributed by atoms with van der Waals surface area (Å²) >= 11 is 0. The Morgan fingerprint density at radius 2 is 1.95 bits per heavy atom. The fraction of sp³-hybridized carbons (Fsp3) is 0.545. The van der Waals surface area contributed by atoms with E-state index in [0.29, 0.717) is 37.6 Å². The topological polar surface area (TPSA) is 112 Å². The SMILES string of the molecule is C=CC(=O)N1CCN(c2nc(N3CC(C4(N(C)C)CC4)C3)nc3c2CCN(c2c(C)c(C)cc4[nH]ncc24)C3)C[C@@H]1CC#N. The molecule has 1 N–H and O–H groups in total. The highest BCUT2D eigenvalue weighted by atomic mass is 16.2. The fourth-order valence-electron chi connectivity index (χ4n) is 7.77. The van der Waals surface area contributed by atoms with Crippen LogP contribution in [0.5, 0.6) is 0 Å². The number of nitriles is 1. The Kier molecular flexibility index (Phi) is 7.00. The number of H-pyrrole nitrogens is 1. The number of aromatic amines is 1. The van der Waals surface area contributed by atoms with Gasteiger partial charge in [0.1, 0.15) is 5.82 Å². The second kappa shape index (κ2) is 10.8. The third-order valence-electron chi connectivity index (χ3n) is 10.7. The van der Waals surface area contributed by atoms with Gasteiger partial charge < -0.3 is 24.5 Å². The van der Waals surface area contributed by atoms with Crippen LogP contribution in [0, 0.1) is 31.1 Å². The lowest BCUT2D eigenvalue weighted by Crippen LogP contribution is -2.58. The lowest BCUT2D eigenvalue weighted by molar-refractivity contribution is -0.128. The van der Waals surface area contributed by atoms with Crippen molar-refractivity contribution in [2.24, 2.45) is 5.92 Å². The van der Waals surface area contributed by atoms with Crippen molar-refractivity contribution in [3.63, 3.8) is 0 Å². The van der Waals surface area contributed by atoms with Crippen molar-refractivity contribution in [3.05, 3.63) is 47.3 Å². The van der Waals surface area contributed by atoms with E-state index in [9.17, 15) is 10.1 Å². The number of anilines is 3. The molecule has 3 fully saturated rings. The lowest BCUT2D eigenvalue weighted by Gasteiger charge is -2.47. The minimum absolute atomic E-state index is 0.119. The Labute approximate surface area is 259 Å². The number of carbonyl (C=O) groups is 1. The number of aromatic nitrogens is 4. The molecule has 44 heavy (non-hydrogen) atoms. The van der Waals surface area contributed by atoms with Crippen molar-refractivity contribution in [1.82, 2.24) is 30.0 Å². The Bertz CT molecular complexity index is 1660. The third kappa shape index (κ3) is 4.58. The molecule has 7 rings (SSSR count). The fourth-order valence-corrected chi connectivity index (χ4v) is 7.77. The summed E-state index contributed by atoms with van der Waals surface area (Å²) in [7, 11) is 4.41. The van der Waals surface area contributed by atoms with E-state index in [1.165, 1.54) is 41.3 Å². The molecule has 3 aliphatic heterocycles. The number of piperazine rings is 1. The minimum atomic E-state index is -0.207. The molecule has 11 heteroatoms. The summed E-state index contributed by atoms with van der Waals surface area (Å²) in [5, 5.41) is 18.2. The summed E-state index contributed by atoms with van der Waals surface area (Å²) in [5.74, 6) is 2.26. The molecule has 0 radical (unpaired) electrons. The average molecular weight is 595 g/mol. The van der Waals surface area contributed by atoms with Gasteiger partial charge in [-0.2, -0.15) is 15.3 Å². The number of hydrogen-bond donors (Lipinski definition) is 1. The highest BCUT2D eigenvalue weighted by Gasteiger charge is 2.55.